The summed E-state index contributed by atoms with van der Waals surface area (Å²) in [5, 5.41) is -0.953. The molecule has 4 fully saturated rings. The van der Waals surface area contributed by atoms with Gasteiger partial charge in [-0.3, -0.25) is 9.80 Å². The van der Waals surface area contributed by atoms with Crippen LogP contribution in [0.3, 0.4) is 0 Å². The standard InChI is InChI=1S/C36H40Cl2F5N5O5/c1-34(2,3)53-33(49)48-20-6-7-21(48)16-46(15-20)31-24-12-25(37)27(23-10-22(52-18-50-4)11-26(38)28(23)36(41,42)43)29(40)30(24)44-32(45-31)51-17-35-8-5-9-47(35)14-19(39)13-35/h10-12,19-21H,5-9,13-18H2,1-4H3/t19-,20?,21?,35+/m1/s1. The van der Waals surface area contributed by atoms with Gasteiger partial charge >= 0.3 is 18.3 Å². The fourth-order valence-corrected chi connectivity index (χ4v) is 8.94. The molecule has 1 aromatic heterocycles. The highest BCUT2D eigenvalue weighted by Crippen LogP contribution is 2.48. The van der Waals surface area contributed by atoms with E-state index < -0.39 is 57.1 Å². The molecular weight excluding hydrogens is 748 g/mol. The SMILES string of the molecule is COCOc1cc(Cl)c(C(F)(F)F)c(-c2c(Cl)cc3c(N4CC5CCC(C4)N5C(=O)OC(C)(C)C)nc(OC[C@@]45CCCN4C[C@H](F)C5)nc3c2F)c1. The molecule has 53 heavy (non-hydrogen) atoms. The van der Waals surface area contributed by atoms with E-state index in [-0.39, 0.29) is 72.0 Å². The number of piperazine rings is 1. The van der Waals surface area contributed by atoms with Crippen LogP contribution >= 0.6 is 23.2 Å². The minimum atomic E-state index is -5.00. The molecule has 3 aromatic rings. The Kier molecular flexibility index (Phi) is 10.0. The summed E-state index contributed by atoms with van der Waals surface area (Å²) in [7, 11) is 1.33. The number of hydrogen-bond donors (Lipinski definition) is 0. The fraction of sp³-hybridized carbons (Fsp3) is 0.583. The van der Waals surface area contributed by atoms with Gasteiger partial charge in [-0.1, -0.05) is 23.2 Å². The Bertz CT molecular complexity index is 1900. The van der Waals surface area contributed by atoms with Crippen molar-refractivity contribution in [1.82, 2.24) is 19.8 Å². The molecule has 4 saturated heterocycles. The number of methoxy groups -OCH3 is 1. The number of halogens is 7. The zero-order valence-electron chi connectivity index (χ0n) is 29.7. The molecular formula is C36H40Cl2F5N5O5. The van der Waals surface area contributed by atoms with Crippen molar-refractivity contribution in [2.24, 2.45) is 0 Å². The van der Waals surface area contributed by atoms with E-state index in [1.807, 2.05) is 9.80 Å². The van der Waals surface area contributed by atoms with E-state index in [4.69, 9.17) is 47.1 Å². The number of fused-ring (bicyclic) bond motifs is 4. The van der Waals surface area contributed by atoms with E-state index in [9.17, 15) is 22.4 Å². The summed E-state index contributed by atoms with van der Waals surface area (Å²) in [4.78, 5) is 28.0. The van der Waals surface area contributed by atoms with Crippen LogP contribution in [0, 0.1) is 5.82 Å². The number of carbonyl (C=O) groups is 1. The Balaban J connectivity index is 1.34. The predicted molar refractivity (Wildman–Crippen MR) is 188 cm³/mol. The van der Waals surface area contributed by atoms with Gasteiger partial charge in [0.25, 0.3) is 0 Å². The van der Waals surface area contributed by atoms with Crippen LogP contribution in [-0.2, 0) is 15.7 Å². The van der Waals surface area contributed by atoms with Crippen molar-refractivity contribution in [3.8, 4) is 22.9 Å². The van der Waals surface area contributed by atoms with Gasteiger partial charge in [0.05, 0.1) is 33.2 Å². The Morgan fingerprint density at radius 1 is 1.02 bits per heavy atom. The summed E-state index contributed by atoms with van der Waals surface area (Å²) in [6.45, 7) is 6.71. The van der Waals surface area contributed by atoms with Crippen LogP contribution in [0.5, 0.6) is 11.8 Å². The van der Waals surface area contributed by atoms with Gasteiger partial charge in [-0.05, 0) is 71.2 Å². The maximum Gasteiger partial charge on any atom is 0.418 e. The molecule has 2 aromatic carbocycles. The number of carbonyl (C=O) groups excluding carboxylic acids is 1. The second-order valence-electron chi connectivity index (χ2n) is 15.2. The summed E-state index contributed by atoms with van der Waals surface area (Å²) >= 11 is 12.9. The third-order valence-corrected chi connectivity index (χ3v) is 11.0. The van der Waals surface area contributed by atoms with E-state index in [2.05, 4.69) is 4.98 Å². The van der Waals surface area contributed by atoms with Crippen molar-refractivity contribution in [2.75, 3.05) is 51.6 Å². The van der Waals surface area contributed by atoms with Gasteiger partial charge in [0.1, 0.15) is 35.5 Å². The van der Waals surface area contributed by atoms with Gasteiger partial charge in [-0.15, -0.1) is 0 Å². The second-order valence-corrected chi connectivity index (χ2v) is 16.0. The van der Waals surface area contributed by atoms with Crippen molar-refractivity contribution in [1.29, 1.82) is 0 Å². The Morgan fingerprint density at radius 2 is 1.74 bits per heavy atom. The quantitative estimate of drug-likeness (QED) is 0.165. The predicted octanol–water partition coefficient (Wildman–Crippen LogP) is 8.29. The fourth-order valence-electron chi connectivity index (χ4n) is 8.33. The Hall–Kier alpha value is -3.40. The molecule has 0 N–H and O–H groups in total. The molecule has 0 aliphatic carbocycles. The maximum atomic E-state index is 17.1. The van der Waals surface area contributed by atoms with E-state index in [0.717, 1.165) is 18.6 Å². The molecule has 1 amide bonds. The molecule has 7 rings (SSSR count). The van der Waals surface area contributed by atoms with Crippen LogP contribution in [0.2, 0.25) is 10.0 Å². The van der Waals surface area contributed by atoms with E-state index >= 15 is 4.39 Å². The number of rotatable bonds is 8. The number of anilines is 1. The Labute approximate surface area is 313 Å². The molecule has 288 valence electrons. The largest absolute Gasteiger partial charge is 0.467 e. The zero-order chi connectivity index (χ0) is 38.0. The van der Waals surface area contributed by atoms with Crippen LogP contribution < -0.4 is 14.4 Å². The summed E-state index contributed by atoms with van der Waals surface area (Å²) in [5.74, 6) is -1.03. The average molecular weight is 789 g/mol. The summed E-state index contributed by atoms with van der Waals surface area (Å²) in [6, 6.07) is 2.56. The number of nitrogens with zero attached hydrogens (tertiary/aromatic N) is 5. The third kappa shape index (κ3) is 7.26. The first kappa shape index (κ1) is 37.9. The highest BCUT2D eigenvalue weighted by atomic mass is 35.5. The molecule has 4 atom stereocenters. The van der Waals surface area contributed by atoms with Gasteiger partial charge in [-0.2, -0.15) is 23.1 Å². The van der Waals surface area contributed by atoms with Crippen LogP contribution in [0.1, 0.15) is 58.4 Å². The highest BCUT2D eigenvalue weighted by Gasteiger charge is 2.50. The lowest BCUT2D eigenvalue weighted by atomic mass is 9.95. The van der Waals surface area contributed by atoms with E-state index in [0.29, 0.717) is 38.9 Å². The first-order valence-corrected chi connectivity index (χ1v) is 18.2. The van der Waals surface area contributed by atoms with Gasteiger partial charge in [0.15, 0.2) is 12.6 Å². The summed E-state index contributed by atoms with van der Waals surface area (Å²) in [6.07, 6.45) is -3.26. The number of aromatic nitrogens is 2. The summed E-state index contributed by atoms with van der Waals surface area (Å²) in [5.41, 5.74) is -4.19. The van der Waals surface area contributed by atoms with Crippen LogP contribution in [0.15, 0.2) is 18.2 Å². The first-order chi connectivity index (χ1) is 25.0. The molecule has 2 bridgehead atoms. The lowest BCUT2D eigenvalue weighted by molar-refractivity contribution is -0.137. The normalized spacial score (nSPS) is 24.6. The molecule has 17 heteroatoms. The van der Waals surface area contributed by atoms with Crippen LogP contribution in [0.4, 0.5) is 32.6 Å². The van der Waals surface area contributed by atoms with Crippen LogP contribution in [-0.4, -0.2) is 102 Å². The molecule has 0 saturated carbocycles. The zero-order valence-corrected chi connectivity index (χ0v) is 31.2. The monoisotopic (exact) mass is 787 g/mol. The van der Waals surface area contributed by atoms with Gasteiger partial charge in [0.2, 0.25) is 0 Å². The summed E-state index contributed by atoms with van der Waals surface area (Å²) < 4.78 is 97.4. The molecule has 4 aliphatic heterocycles. The average Bonchev–Trinajstić information content (AvgIpc) is 3.67. The molecule has 0 radical (unpaired) electrons. The van der Waals surface area contributed by atoms with E-state index in [1.165, 1.54) is 13.2 Å². The van der Waals surface area contributed by atoms with Gasteiger partial charge in [0, 0.05) is 49.7 Å². The second kappa shape index (κ2) is 14.0. The van der Waals surface area contributed by atoms with Crippen molar-refractivity contribution in [2.45, 2.75) is 88.4 Å². The smallest absolute Gasteiger partial charge is 0.418 e. The van der Waals surface area contributed by atoms with Gasteiger partial charge in [-0.25, -0.2) is 13.6 Å². The van der Waals surface area contributed by atoms with Crippen LogP contribution in [0.25, 0.3) is 22.0 Å². The van der Waals surface area contributed by atoms with E-state index in [1.54, 1.807) is 25.7 Å². The molecule has 0 spiro atoms. The number of benzene rings is 2. The minimum Gasteiger partial charge on any atom is -0.467 e. The number of alkyl halides is 4. The Morgan fingerprint density at radius 3 is 2.40 bits per heavy atom. The van der Waals surface area contributed by atoms with Crippen molar-refractivity contribution in [3.05, 3.63) is 39.6 Å². The number of hydrogen-bond acceptors (Lipinski definition) is 9. The molecule has 4 aliphatic rings. The molecule has 10 nitrogen and oxygen atoms in total. The highest BCUT2D eigenvalue weighted by molar-refractivity contribution is 6.35. The number of amides is 1. The molecule has 5 heterocycles. The third-order valence-electron chi connectivity index (χ3n) is 10.4. The minimum absolute atomic E-state index is 0.0326. The van der Waals surface area contributed by atoms with Crippen molar-refractivity contribution >= 4 is 46.0 Å². The number of ether oxygens (including phenoxy) is 4. The lowest BCUT2D eigenvalue weighted by Crippen LogP contribution is -2.57. The topological polar surface area (TPSA) is 89.5 Å². The van der Waals surface area contributed by atoms with Crippen molar-refractivity contribution in [3.63, 3.8) is 0 Å². The van der Waals surface area contributed by atoms with Gasteiger partial charge < -0.3 is 23.8 Å². The molecule has 2 unspecified atom stereocenters. The lowest BCUT2D eigenvalue weighted by Gasteiger charge is -2.42. The first-order valence-electron chi connectivity index (χ1n) is 17.5. The maximum absolute atomic E-state index is 17.1. The van der Waals surface area contributed by atoms with Crippen molar-refractivity contribution < 1.29 is 45.7 Å².